The van der Waals surface area contributed by atoms with Gasteiger partial charge in [0.1, 0.15) is 10.8 Å². The van der Waals surface area contributed by atoms with Crippen LogP contribution in [-0.4, -0.2) is 41.1 Å². The number of hydrogen-bond acceptors (Lipinski definition) is 7. The zero-order valence-corrected chi connectivity index (χ0v) is 16.3. The molecule has 0 aliphatic carbocycles. The normalized spacial score (nSPS) is 18.8. The van der Waals surface area contributed by atoms with Gasteiger partial charge in [0, 0.05) is 43.6 Å². The number of nitrogens with one attached hydrogen (secondary N) is 4. The van der Waals surface area contributed by atoms with E-state index in [9.17, 15) is 14.0 Å². The van der Waals surface area contributed by atoms with Crippen LogP contribution in [0, 0.1) is 11.7 Å². The maximum atomic E-state index is 13.2. The van der Waals surface area contributed by atoms with Crippen LogP contribution in [0.1, 0.15) is 34.6 Å². The van der Waals surface area contributed by atoms with Gasteiger partial charge in [-0.3, -0.25) is 20.4 Å². The number of halogens is 1. The number of carbonyl (C=O) groups is 2. The minimum Gasteiger partial charge on any atom is -0.356 e. The summed E-state index contributed by atoms with van der Waals surface area (Å²) < 4.78 is 13.2. The summed E-state index contributed by atoms with van der Waals surface area (Å²) in [5.41, 5.74) is 6.56. The zero-order valence-electron chi connectivity index (χ0n) is 15.5. The number of hydrogen-bond donors (Lipinski definition) is 4. The van der Waals surface area contributed by atoms with Crippen molar-refractivity contribution in [2.45, 2.75) is 32.2 Å². The molecule has 2 amide bonds. The molecule has 0 saturated carbocycles. The Morgan fingerprint density at radius 2 is 2.21 bits per heavy atom. The summed E-state index contributed by atoms with van der Waals surface area (Å²) in [6.07, 6.45) is 1.59. The summed E-state index contributed by atoms with van der Waals surface area (Å²) in [5, 5.41) is 14.3. The van der Waals surface area contributed by atoms with Crippen molar-refractivity contribution >= 4 is 28.8 Å². The van der Waals surface area contributed by atoms with E-state index < -0.39 is 11.7 Å². The predicted octanol–water partition coefficient (Wildman–Crippen LogP) is 1.48. The lowest BCUT2D eigenvalue weighted by molar-refractivity contribution is -0.121. The predicted molar refractivity (Wildman–Crippen MR) is 104 cm³/mol. The highest BCUT2D eigenvalue weighted by Crippen LogP contribution is 2.16. The Morgan fingerprint density at radius 3 is 2.96 bits per heavy atom. The largest absolute Gasteiger partial charge is 0.356 e. The summed E-state index contributed by atoms with van der Waals surface area (Å²) in [6, 6.07) is 5.98. The average Bonchev–Trinajstić information content (AvgIpc) is 3.29. The van der Waals surface area contributed by atoms with Crippen LogP contribution < -0.4 is 21.5 Å². The van der Waals surface area contributed by atoms with Crippen LogP contribution in [0.4, 0.5) is 10.1 Å². The standard InChI is InChI=1S/C18H23FN6O2S/c1-11-12(10-21-23-11)9-20-15(26)6-3-7-16-24-25-18(28-16)17(27)22-14-5-2-4-13(19)8-14/h2,4-5,8,11-12,21,23H,3,6-7,9-10H2,1H3,(H,20,26)(H,22,27). The zero-order chi connectivity index (χ0) is 19.9. The Hall–Kier alpha value is -2.43. The smallest absolute Gasteiger partial charge is 0.286 e. The number of rotatable bonds is 8. The van der Waals surface area contributed by atoms with Gasteiger partial charge in [-0.25, -0.2) is 4.39 Å². The van der Waals surface area contributed by atoms with Crippen LogP contribution >= 0.6 is 11.3 Å². The third kappa shape index (κ3) is 5.78. The van der Waals surface area contributed by atoms with Gasteiger partial charge in [-0.2, -0.15) is 0 Å². The van der Waals surface area contributed by atoms with Crippen molar-refractivity contribution in [2.75, 3.05) is 18.4 Å². The summed E-state index contributed by atoms with van der Waals surface area (Å²) in [7, 11) is 0. The fourth-order valence-electron chi connectivity index (χ4n) is 2.83. The number of benzene rings is 1. The van der Waals surface area contributed by atoms with Crippen LogP contribution in [-0.2, 0) is 11.2 Å². The number of carbonyl (C=O) groups excluding carboxylic acids is 2. The van der Waals surface area contributed by atoms with Gasteiger partial charge in [-0.1, -0.05) is 17.4 Å². The minimum absolute atomic E-state index is 0.00712. The van der Waals surface area contributed by atoms with Gasteiger partial charge in [-0.15, -0.1) is 10.2 Å². The molecule has 28 heavy (non-hydrogen) atoms. The Labute approximate surface area is 166 Å². The van der Waals surface area contributed by atoms with E-state index in [4.69, 9.17) is 0 Å². The van der Waals surface area contributed by atoms with E-state index in [1.807, 2.05) is 0 Å². The molecule has 1 fully saturated rings. The third-order valence-electron chi connectivity index (χ3n) is 4.50. The molecular weight excluding hydrogens is 383 g/mol. The number of nitrogens with zero attached hydrogens (tertiary/aromatic N) is 2. The first-order chi connectivity index (χ1) is 13.5. The number of aryl methyl sites for hydroxylation is 1. The Morgan fingerprint density at radius 1 is 1.36 bits per heavy atom. The molecule has 2 unspecified atom stereocenters. The van der Waals surface area contributed by atoms with E-state index in [1.54, 1.807) is 6.07 Å². The fourth-order valence-corrected chi connectivity index (χ4v) is 3.60. The lowest BCUT2D eigenvalue weighted by Gasteiger charge is -2.14. The van der Waals surface area contributed by atoms with E-state index in [1.165, 1.54) is 29.5 Å². The number of aromatic nitrogens is 2. The first kappa shape index (κ1) is 20.3. The topological polar surface area (TPSA) is 108 Å². The van der Waals surface area contributed by atoms with Crippen molar-refractivity contribution in [3.8, 4) is 0 Å². The Bertz CT molecular complexity index is 830. The summed E-state index contributed by atoms with van der Waals surface area (Å²) >= 11 is 1.17. The molecule has 10 heteroatoms. The highest BCUT2D eigenvalue weighted by atomic mass is 32.1. The molecule has 2 aromatic rings. The van der Waals surface area contributed by atoms with Crippen molar-refractivity contribution < 1.29 is 14.0 Å². The Balaban J connectivity index is 1.39. The second-order valence-electron chi connectivity index (χ2n) is 6.70. The maximum Gasteiger partial charge on any atom is 0.286 e. The van der Waals surface area contributed by atoms with E-state index in [0.29, 0.717) is 48.5 Å². The molecule has 0 bridgehead atoms. The molecule has 0 radical (unpaired) electrons. The molecule has 0 spiro atoms. The number of amides is 2. The fraction of sp³-hybridized carbons (Fsp3) is 0.444. The SMILES string of the molecule is CC1NNCC1CNC(=O)CCCc1nnc(C(=O)Nc2cccc(F)c2)s1. The van der Waals surface area contributed by atoms with Crippen molar-refractivity contribution in [3.05, 3.63) is 40.1 Å². The molecule has 8 nitrogen and oxygen atoms in total. The van der Waals surface area contributed by atoms with Crippen LogP contribution in [0.3, 0.4) is 0 Å². The van der Waals surface area contributed by atoms with Gasteiger partial charge in [0.05, 0.1) is 0 Å². The summed E-state index contributed by atoms with van der Waals surface area (Å²) in [6.45, 7) is 3.56. The molecular formula is C18H23FN6O2S. The highest BCUT2D eigenvalue weighted by molar-refractivity contribution is 7.13. The highest BCUT2D eigenvalue weighted by Gasteiger charge is 2.22. The molecule has 2 atom stereocenters. The second-order valence-corrected chi connectivity index (χ2v) is 7.76. The van der Waals surface area contributed by atoms with E-state index in [0.717, 1.165) is 6.54 Å². The van der Waals surface area contributed by atoms with Gasteiger partial charge in [0.2, 0.25) is 10.9 Å². The molecule has 1 aromatic carbocycles. The lowest BCUT2D eigenvalue weighted by Crippen LogP contribution is -2.35. The van der Waals surface area contributed by atoms with Gasteiger partial charge in [-0.05, 0) is 31.5 Å². The van der Waals surface area contributed by atoms with Crippen LogP contribution in [0.5, 0.6) is 0 Å². The summed E-state index contributed by atoms with van der Waals surface area (Å²) in [5.74, 6) is -0.470. The van der Waals surface area contributed by atoms with Gasteiger partial charge < -0.3 is 10.6 Å². The molecule has 4 N–H and O–H groups in total. The van der Waals surface area contributed by atoms with E-state index in [-0.39, 0.29) is 10.9 Å². The van der Waals surface area contributed by atoms with E-state index in [2.05, 4.69) is 38.6 Å². The third-order valence-corrected chi connectivity index (χ3v) is 5.48. The Kier molecular flexibility index (Phi) is 7.01. The molecule has 150 valence electrons. The van der Waals surface area contributed by atoms with Crippen LogP contribution in [0.15, 0.2) is 24.3 Å². The monoisotopic (exact) mass is 406 g/mol. The molecule has 1 aliphatic rings. The molecule has 3 rings (SSSR count). The number of anilines is 1. The van der Waals surface area contributed by atoms with Crippen molar-refractivity contribution in [1.29, 1.82) is 0 Å². The molecule has 2 heterocycles. The van der Waals surface area contributed by atoms with Crippen molar-refractivity contribution in [2.24, 2.45) is 5.92 Å². The number of hydrazine groups is 1. The first-order valence-electron chi connectivity index (χ1n) is 9.15. The molecule has 1 aromatic heterocycles. The van der Waals surface area contributed by atoms with Crippen molar-refractivity contribution in [3.63, 3.8) is 0 Å². The molecule has 1 saturated heterocycles. The van der Waals surface area contributed by atoms with E-state index >= 15 is 0 Å². The van der Waals surface area contributed by atoms with Crippen LogP contribution in [0.2, 0.25) is 0 Å². The van der Waals surface area contributed by atoms with Gasteiger partial charge in [0.25, 0.3) is 5.91 Å². The lowest BCUT2D eigenvalue weighted by atomic mass is 10.0. The van der Waals surface area contributed by atoms with Crippen LogP contribution in [0.25, 0.3) is 0 Å². The summed E-state index contributed by atoms with van der Waals surface area (Å²) in [4.78, 5) is 24.1. The first-order valence-corrected chi connectivity index (χ1v) is 9.97. The second kappa shape index (κ2) is 9.67. The molecule has 1 aliphatic heterocycles. The quantitative estimate of drug-likeness (QED) is 0.529. The van der Waals surface area contributed by atoms with Crippen molar-refractivity contribution in [1.82, 2.24) is 26.4 Å². The minimum atomic E-state index is -0.431. The van der Waals surface area contributed by atoms with Gasteiger partial charge >= 0.3 is 0 Å². The average molecular weight is 406 g/mol. The van der Waals surface area contributed by atoms with Gasteiger partial charge in [0.15, 0.2) is 0 Å². The maximum absolute atomic E-state index is 13.2.